The lowest BCUT2D eigenvalue weighted by Crippen LogP contribution is -2.19. The number of aromatic hydroxyl groups is 2. The largest absolute Gasteiger partial charge is 0.504 e. The molecule has 2 rings (SSSR count). The summed E-state index contributed by atoms with van der Waals surface area (Å²) in [7, 11) is 0. The number of nitrogens with two attached hydrogens (primary N) is 1. The number of hydrogen-bond acceptors (Lipinski definition) is 3. The molecule has 1 fully saturated rings. The number of rotatable bonds is 2. The van der Waals surface area contributed by atoms with Gasteiger partial charge in [0, 0.05) is 22.0 Å². The monoisotopic (exact) mass is 257 g/mol. The van der Waals surface area contributed by atoms with Crippen LogP contribution in [-0.2, 0) is 5.41 Å². The highest BCUT2D eigenvalue weighted by Crippen LogP contribution is 2.52. The molecule has 0 saturated heterocycles. The van der Waals surface area contributed by atoms with Crippen molar-refractivity contribution in [3.8, 4) is 11.5 Å². The van der Waals surface area contributed by atoms with Crippen LogP contribution < -0.4 is 5.73 Å². The molecule has 76 valence electrons. The highest BCUT2D eigenvalue weighted by Gasteiger charge is 2.45. The van der Waals surface area contributed by atoms with Gasteiger partial charge in [0.2, 0.25) is 0 Å². The molecular formula is C10H12BrNO2. The minimum Gasteiger partial charge on any atom is -0.504 e. The Morgan fingerprint density at radius 1 is 1.36 bits per heavy atom. The Balaban J connectivity index is 2.52. The molecule has 0 unspecified atom stereocenters. The Bertz CT molecular complexity index is 375. The maximum absolute atomic E-state index is 9.70. The first-order valence-corrected chi connectivity index (χ1v) is 5.30. The molecule has 4 N–H and O–H groups in total. The van der Waals surface area contributed by atoms with Crippen LogP contribution in [0.15, 0.2) is 16.6 Å². The minimum absolute atomic E-state index is 0.0313. The minimum atomic E-state index is -0.106. The first kappa shape index (κ1) is 9.80. The summed E-state index contributed by atoms with van der Waals surface area (Å²) in [6.07, 6.45) is 1.96. The van der Waals surface area contributed by atoms with Crippen LogP contribution in [0.4, 0.5) is 0 Å². The van der Waals surface area contributed by atoms with Crippen LogP contribution in [0.5, 0.6) is 11.5 Å². The molecule has 0 amide bonds. The van der Waals surface area contributed by atoms with Crippen LogP contribution in [-0.4, -0.2) is 16.8 Å². The fraction of sp³-hybridized carbons (Fsp3) is 0.400. The van der Waals surface area contributed by atoms with Gasteiger partial charge in [-0.2, -0.15) is 0 Å². The van der Waals surface area contributed by atoms with Gasteiger partial charge in [0.15, 0.2) is 11.5 Å². The Morgan fingerprint density at radius 2 is 2.00 bits per heavy atom. The first-order valence-electron chi connectivity index (χ1n) is 4.51. The second-order valence-electron chi connectivity index (χ2n) is 3.81. The third-order valence-corrected chi connectivity index (χ3v) is 3.33. The summed E-state index contributed by atoms with van der Waals surface area (Å²) in [5, 5.41) is 19.1. The molecule has 0 aromatic heterocycles. The Labute approximate surface area is 90.7 Å². The maximum Gasteiger partial charge on any atom is 0.161 e. The third-order valence-electron chi connectivity index (χ3n) is 2.87. The fourth-order valence-electron chi connectivity index (χ4n) is 1.72. The smallest absolute Gasteiger partial charge is 0.161 e. The van der Waals surface area contributed by atoms with E-state index in [0.717, 1.165) is 22.9 Å². The molecule has 1 aliphatic carbocycles. The predicted molar refractivity (Wildman–Crippen MR) is 57.4 cm³/mol. The first-order chi connectivity index (χ1) is 6.59. The summed E-state index contributed by atoms with van der Waals surface area (Å²) in [6, 6.07) is 3.31. The fourth-order valence-corrected chi connectivity index (χ4v) is 2.17. The lowest BCUT2D eigenvalue weighted by molar-refractivity contribution is 0.394. The molecule has 0 bridgehead atoms. The van der Waals surface area contributed by atoms with Crippen molar-refractivity contribution in [2.75, 3.05) is 6.54 Å². The second kappa shape index (κ2) is 3.14. The van der Waals surface area contributed by atoms with E-state index in [9.17, 15) is 10.2 Å². The van der Waals surface area contributed by atoms with Crippen molar-refractivity contribution in [2.24, 2.45) is 5.73 Å². The van der Waals surface area contributed by atoms with Gasteiger partial charge in [-0.25, -0.2) is 0 Å². The molecule has 4 heteroatoms. The van der Waals surface area contributed by atoms with Gasteiger partial charge < -0.3 is 15.9 Å². The van der Waals surface area contributed by atoms with E-state index in [1.807, 2.05) is 6.07 Å². The van der Waals surface area contributed by atoms with E-state index in [1.54, 1.807) is 0 Å². The van der Waals surface area contributed by atoms with Gasteiger partial charge in [-0.3, -0.25) is 0 Å². The number of benzene rings is 1. The van der Waals surface area contributed by atoms with Crippen LogP contribution in [0.25, 0.3) is 0 Å². The van der Waals surface area contributed by atoms with Crippen molar-refractivity contribution < 1.29 is 10.2 Å². The molecule has 14 heavy (non-hydrogen) atoms. The Morgan fingerprint density at radius 3 is 2.50 bits per heavy atom. The van der Waals surface area contributed by atoms with Gasteiger partial charge in [0.1, 0.15) is 0 Å². The van der Waals surface area contributed by atoms with E-state index in [1.165, 1.54) is 6.07 Å². The highest BCUT2D eigenvalue weighted by molar-refractivity contribution is 9.10. The van der Waals surface area contributed by atoms with E-state index in [-0.39, 0.29) is 16.9 Å². The molecular weight excluding hydrogens is 246 g/mol. The second-order valence-corrected chi connectivity index (χ2v) is 4.72. The number of phenolic OH excluding ortho intramolecular Hbond substituents is 2. The lowest BCUT2D eigenvalue weighted by atomic mass is 9.95. The molecule has 0 radical (unpaired) electrons. The molecule has 1 aromatic carbocycles. The average Bonchev–Trinajstić information content (AvgIpc) is 2.92. The highest BCUT2D eigenvalue weighted by atomic mass is 79.9. The summed E-state index contributed by atoms with van der Waals surface area (Å²) in [6.45, 7) is 0.510. The van der Waals surface area contributed by atoms with Crippen molar-refractivity contribution in [3.05, 3.63) is 22.2 Å². The van der Waals surface area contributed by atoms with Crippen molar-refractivity contribution in [2.45, 2.75) is 18.3 Å². The molecule has 0 aliphatic heterocycles. The molecule has 0 spiro atoms. The Kier molecular flexibility index (Phi) is 2.20. The molecule has 0 heterocycles. The number of hydrogen-bond donors (Lipinski definition) is 3. The van der Waals surface area contributed by atoms with Crippen LogP contribution in [0.2, 0.25) is 0 Å². The third kappa shape index (κ3) is 1.38. The maximum atomic E-state index is 9.70. The molecule has 3 nitrogen and oxygen atoms in total. The number of phenols is 2. The van der Waals surface area contributed by atoms with Crippen molar-refractivity contribution in [1.82, 2.24) is 0 Å². The van der Waals surface area contributed by atoms with Crippen molar-refractivity contribution in [3.63, 3.8) is 0 Å². The van der Waals surface area contributed by atoms with E-state index < -0.39 is 0 Å². The molecule has 1 saturated carbocycles. The van der Waals surface area contributed by atoms with Crippen LogP contribution in [0.3, 0.4) is 0 Å². The number of halogens is 1. The normalized spacial score (nSPS) is 18.1. The van der Waals surface area contributed by atoms with Gasteiger partial charge in [-0.15, -0.1) is 0 Å². The zero-order valence-corrected chi connectivity index (χ0v) is 9.21. The summed E-state index contributed by atoms with van der Waals surface area (Å²) in [4.78, 5) is 0. The SMILES string of the molecule is NCC1(c2cc(Br)cc(O)c2O)CC1. The van der Waals surface area contributed by atoms with Gasteiger partial charge in [0.05, 0.1) is 0 Å². The molecule has 0 atom stereocenters. The molecule has 1 aliphatic rings. The lowest BCUT2D eigenvalue weighted by Gasteiger charge is -2.15. The van der Waals surface area contributed by atoms with Gasteiger partial charge >= 0.3 is 0 Å². The van der Waals surface area contributed by atoms with Crippen LogP contribution >= 0.6 is 15.9 Å². The summed E-state index contributed by atoms with van der Waals surface area (Å²) in [5.74, 6) is -0.120. The summed E-state index contributed by atoms with van der Waals surface area (Å²) < 4.78 is 0.766. The van der Waals surface area contributed by atoms with Gasteiger partial charge in [0.25, 0.3) is 0 Å². The summed E-state index contributed by atoms with van der Waals surface area (Å²) >= 11 is 3.28. The summed E-state index contributed by atoms with van der Waals surface area (Å²) in [5.41, 5.74) is 6.31. The van der Waals surface area contributed by atoms with Crippen molar-refractivity contribution >= 4 is 15.9 Å². The average molecular weight is 258 g/mol. The van der Waals surface area contributed by atoms with Gasteiger partial charge in [-0.1, -0.05) is 15.9 Å². The van der Waals surface area contributed by atoms with Crippen LogP contribution in [0.1, 0.15) is 18.4 Å². The Hall–Kier alpha value is -0.740. The molecule has 1 aromatic rings. The van der Waals surface area contributed by atoms with Gasteiger partial charge in [-0.05, 0) is 25.0 Å². The zero-order chi connectivity index (χ0) is 10.3. The predicted octanol–water partition coefficient (Wildman–Crippen LogP) is 1.85. The van der Waals surface area contributed by atoms with E-state index in [4.69, 9.17) is 5.73 Å². The quantitative estimate of drug-likeness (QED) is 0.709. The van der Waals surface area contributed by atoms with E-state index in [2.05, 4.69) is 15.9 Å². The zero-order valence-electron chi connectivity index (χ0n) is 7.63. The topological polar surface area (TPSA) is 66.5 Å². The van der Waals surface area contributed by atoms with E-state index in [0.29, 0.717) is 6.54 Å². The van der Waals surface area contributed by atoms with E-state index >= 15 is 0 Å². The van der Waals surface area contributed by atoms with Crippen molar-refractivity contribution in [1.29, 1.82) is 0 Å². The standard InChI is InChI=1S/C10H12BrNO2/c11-6-3-7(9(14)8(13)4-6)10(5-12)1-2-10/h3-4,13-14H,1-2,5,12H2. The van der Waals surface area contributed by atoms with Crippen LogP contribution in [0, 0.1) is 0 Å².